The molecule has 2 rings (SSSR count). The molecule has 8 heteroatoms. The van der Waals surface area contributed by atoms with Crippen LogP contribution in [0.25, 0.3) is 0 Å². The maximum Gasteiger partial charge on any atom is 0.262 e. The third kappa shape index (κ3) is 4.08. The molecule has 1 heterocycles. The molecule has 128 valence electrons. The third-order valence-corrected chi connectivity index (χ3v) is 5.54. The van der Waals surface area contributed by atoms with E-state index in [9.17, 15) is 13.2 Å². The van der Waals surface area contributed by atoms with Crippen LogP contribution in [-0.4, -0.2) is 49.2 Å². The van der Waals surface area contributed by atoms with Crippen LogP contribution in [0.2, 0.25) is 0 Å². The number of rotatable bonds is 5. The minimum Gasteiger partial charge on any atom is -0.396 e. The largest absolute Gasteiger partial charge is 0.396 e. The molecule has 23 heavy (non-hydrogen) atoms. The molecular weight excluding hydrogens is 320 g/mol. The lowest BCUT2D eigenvalue weighted by molar-refractivity contribution is 0.0678. The molecule has 1 fully saturated rings. The first-order valence-electron chi connectivity index (χ1n) is 7.55. The first-order chi connectivity index (χ1) is 10.9. The van der Waals surface area contributed by atoms with Crippen LogP contribution < -0.4 is 4.89 Å². The summed E-state index contributed by atoms with van der Waals surface area (Å²) in [5.41, 5.74) is 0.731. The van der Waals surface area contributed by atoms with Gasteiger partial charge in [0.1, 0.15) is 0 Å². The molecule has 0 aliphatic carbocycles. The third-order valence-electron chi connectivity index (χ3n) is 4.28. The van der Waals surface area contributed by atoms with Crippen molar-refractivity contribution in [3.63, 3.8) is 0 Å². The van der Waals surface area contributed by atoms with Crippen LogP contribution in [0.15, 0.2) is 23.1 Å². The van der Waals surface area contributed by atoms with E-state index in [0.717, 1.165) is 19.3 Å². The Bertz CT molecular complexity index is 666. The lowest BCUT2D eigenvalue weighted by atomic mass is 9.93. The number of aryl methyl sites for hydroxylation is 1. The van der Waals surface area contributed by atoms with E-state index in [1.165, 1.54) is 11.0 Å². The van der Waals surface area contributed by atoms with E-state index < -0.39 is 10.0 Å². The lowest BCUT2D eigenvalue weighted by Crippen LogP contribution is -2.38. The summed E-state index contributed by atoms with van der Waals surface area (Å²) in [5, 5.41) is 17.7. The van der Waals surface area contributed by atoms with Crippen LogP contribution in [0.3, 0.4) is 0 Å². The molecular formula is C15H22N2O5S. The number of nitrogens with one attached hydrogen (secondary N) is 1. The van der Waals surface area contributed by atoms with Crippen molar-refractivity contribution in [2.45, 2.75) is 31.1 Å². The number of nitrogens with zero attached hydrogens (tertiary/aromatic N) is 1. The number of sulfonamides is 1. The summed E-state index contributed by atoms with van der Waals surface area (Å²) in [6.07, 6.45) is 2.42. The number of benzene rings is 1. The van der Waals surface area contributed by atoms with Gasteiger partial charge < -0.3 is 15.2 Å². The Morgan fingerprint density at radius 1 is 1.35 bits per heavy atom. The van der Waals surface area contributed by atoms with Crippen LogP contribution in [0, 0.1) is 12.8 Å². The van der Waals surface area contributed by atoms with Crippen LogP contribution in [0.5, 0.6) is 0 Å². The number of piperidine rings is 1. The fraction of sp³-hybridized carbons (Fsp3) is 0.533. The summed E-state index contributed by atoms with van der Waals surface area (Å²) in [7, 11) is -4.02. The predicted molar refractivity (Wildman–Crippen MR) is 83.6 cm³/mol. The number of amides is 1. The fourth-order valence-corrected chi connectivity index (χ4v) is 3.73. The Morgan fingerprint density at radius 3 is 2.57 bits per heavy atom. The average Bonchev–Trinajstić information content (AvgIpc) is 2.55. The van der Waals surface area contributed by atoms with Crippen LogP contribution in [-0.2, 0) is 10.0 Å². The van der Waals surface area contributed by atoms with Gasteiger partial charge in [0.15, 0.2) is 0 Å². The predicted octanol–water partition coefficient (Wildman–Crippen LogP) is 0.897. The molecule has 1 aromatic carbocycles. The summed E-state index contributed by atoms with van der Waals surface area (Å²) in [6, 6.07) is 4.43. The van der Waals surface area contributed by atoms with E-state index in [0.29, 0.717) is 24.6 Å². The van der Waals surface area contributed by atoms with Crippen molar-refractivity contribution >= 4 is 15.9 Å². The van der Waals surface area contributed by atoms with Gasteiger partial charge in [0, 0.05) is 25.3 Å². The van der Waals surface area contributed by atoms with Crippen LogP contribution >= 0.6 is 0 Å². The van der Waals surface area contributed by atoms with E-state index >= 15 is 0 Å². The average molecular weight is 342 g/mol. The second-order valence-corrected chi connectivity index (χ2v) is 7.45. The van der Waals surface area contributed by atoms with Crippen LogP contribution in [0.4, 0.5) is 0 Å². The highest BCUT2D eigenvalue weighted by Crippen LogP contribution is 2.23. The molecule has 1 saturated heterocycles. The zero-order chi connectivity index (χ0) is 17.0. The Labute approximate surface area is 135 Å². The van der Waals surface area contributed by atoms with E-state index in [4.69, 9.17) is 10.3 Å². The zero-order valence-electron chi connectivity index (χ0n) is 13.0. The quantitative estimate of drug-likeness (QED) is 0.689. The van der Waals surface area contributed by atoms with Crippen molar-refractivity contribution in [2.75, 3.05) is 19.7 Å². The first-order valence-corrected chi connectivity index (χ1v) is 9.04. The van der Waals surface area contributed by atoms with Gasteiger partial charge >= 0.3 is 0 Å². The topological polar surface area (TPSA) is 107 Å². The van der Waals surface area contributed by atoms with Gasteiger partial charge in [-0.1, -0.05) is 11.0 Å². The molecule has 0 aromatic heterocycles. The van der Waals surface area contributed by atoms with Crippen molar-refractivity contribution in [3.05, 3.63) is 29.3 Å². The Kier molecular flexibility index (Phi) is 5.74. The lowest BCUT2D eigenvalue weighted by Gasteiger charge is -2.32. The van der Waals surface area contributed by atoms with Gasteiger partial charge in [-0.2, -0.15) is 0 Å². The van der Waals surface area contributed by atoms with Crippen molar-refractivity contribution in [1.29, 1.82) is 0 Å². The van der Waals surface area contributed by atoms with Gasteiger partial charge in [-0.25, -0.2) is 8.42 Å². The van der Waals surface area contributed by atoms with Gasteiger partial charge in [0.25, 0.3) is 15.9 Å². The summed E-state index contributed by atoms with van der Waals surface area (Å²) >= 11 is 0. The van der Waals surface area contributed by atoms with Crippen molar-refractivity contribution < 1.29 is 23.5 Å². The maximum absolute atomic E-state index is 12.5. The second kappa shape index (κ2) is 7.39. The smallest absolute Gasteiger partial charge is 0.262 e. The van der Waals surface area contributed by atoms with Crippen molar-refractivity contribution in [3.8, 4) is 0 Å². The molecule has 0 bridgehead atoms. The monoisotopic (exact) mass is 342 g/mol. The van der Waals surface area contributed by atoms with Crippen molar-refractivity contribution in [1.82, 2.24) is 9.79 Å². The number of hydrogen-bond acceptors (Lipinski definition) is 5. The molecule has 1 aromatic rings. The number of likely N-dealkylation sites (tertiary alicyclic amines) is 1. The number of aliphatic hydroxyl groups excluding tert-OH is 1. The van der Waals surface area contributed by atoms with Crippen LogP contribution in [0.1, 0.15) is 35.2 Å². The fourth-order valence-electron chi connectivity index (χ4n) is 2.86. The van der Waals surface area contributed by atoms with Gasteiger partial charge in [-0.05, 0) is 49.8 Å². The molecule has 3 N–H and O–H groups in total. The molecule has 1 aliphatic rings. The maximum atomic E-state index is 12.5. The Morgan fingerprint density at radius 2 is 2.00 bits per heavy atom. The summed E-state index contributed by atoms with van der Waals surface area (Å²) in [5.74, 6) is 0.207. The van der Waals surface area contributed by atoms with Gasteiger partial charge in [-0.15, -0.1) is 0 Å². The Balaban J connectivity index is 2.16. The number of carbonyl (C=O) groups excluding carboxylic acids is 1. The number of hydrogen-bond donors (Lipinski definition) is 3. The zero-order valence-corrected chi connectivity index (χ0v) is 13.8. The highest BCUT2D eigenvalue weighted by molar-refractivity contribution is 7.89. The first kappa shape index (κ1) is 17.9. The molecule has 0 atom stereocenters. The van der Waals surface area contributed by atoms with Gasteiger partial charge in [0.05, 0.1) is 4.90 Å². The standard InChI is InChI=1S/C15H22N2O5S/c1-11-2-3-13(10-14(11)23(21,22)16-20)15(19)17-7-4-12(5-8-17)6-9-18/h2-3,10,12,16,18,20H,4-9H2,1H3. The van der Waals surface area contributed by atoms with E-state index in [1.807, 2.05) is 0 Å². The molecule has 1 aliphatic heterocycles. The summed E-state index contributed by atoms with van der Waals surface area (Å²) in [4.78, 5) is 15.4. The molecule has 0 unspecified atom stereocenters. The normalized spacial score (nSPS) is 16.6. The SMILES string of the molecule is Cc1ccc(C(=O)N2CCC(CCO)CC2)cc1S(=O)(=O)NO. The highest BCUT2D eigenvalue weighted by atomic mass is 32.2. The molecule has 0 saturated carbocycles. The second-order valence-electron chi connectivity index (χ2n) is 5.82. The van der Waals surface area contributed by atoms with Crippen molar-refractivity contribution in [2.24, 2.45) is 5.92 Å². The highest BCUT2D eigenvalue weighted by Gasteiger charge is 2.25. The minimum absolute atomic E-state index is 0.110. The van der Waals surface area contributed by atoms with E-state index in [-0.39, 0.29) is 23.0 Å². The number of aliphatic hydroxyl groups is 1. The minimum atomic E-state index is -4.02. The molecule has 0 radical (unpaired) electrons. The molecule has 7 nitrogen and oxygen atoms in total. The molecule has 1 amide bonds. The summed E-state index contributed by atoms with van der Waals surface area (Å²) < 4.78 is 23.6. The van der Waals surface area contributed by atoms with Gasteiger partial charge in [-0.3, -0.25) is 4.79 Å². The number of carbonyl (C=O) groups is 1. The van der Waals surface area contributed by atoms with Gasteiger partial charge in [0.2, 0.25) is 0 Å². The summed E-state index contributed by atoms with van der Waals surface area (Å²) in [6.45, 7) is 2.94. The Hall–Kier alpha value is -1.48. The van der Waals surface area contributed by atoms with E-state index in [2.05, 4.69) is 0 Å². The van der Waals surface area contributed by atoms with E-state index in [1.54, 1.807) is 24.0 Å². The molecule has 0 spiro atoms.